The number of carboxylic acids is 1. The molecule has 2 N–H and O–H groups in total. The van der Waals surface area contributed by atoms with E-state index in [0.717, 1.165) is 19.3 Å². The van der Waals surface area contributed by atoms with Crippen molar-refractivity contribution in [3.63, 3.8) is 0 Å². The number of nitrogens with zero attached hydrogens (tertiary/aromatic N) is 2. The predicted molar refractivity (Wildman–Crippen MR) is 91.3 cm³/mol. The molecule has 1 aromatic rings. The highest BCUT2D eigenvalue weighted by molar-refractivity contribution is 7.89. The van der Waals surface area contributed by atoms with Gasteiger partial charge in [-0.3, -0.25) is 0 Å². The molecule has 0 bridgehead atoms. The summed E-state index contributed by atoms with van der Waals surface area (Å²) < 4.78 is 26.6. The zero-order valence-corrected chi connectivity index (χ0v) is 14.9. The number of aromatic nitrogens is 1. The second kappa shape index (κ2) is 7.94. The van der Waals surface area contributed by atoms with Crippen molar-refractivity contribution in [3.8, 4) is 0 Å². The number of carbonyl (C=O) groups is 1. The Morgan fingerprint density at radius 2 is 1.96 bits per heavy atom. The number of aliphatic carboxylic acids is 1. The van der Waals surface area contributed by atoms with Gasteiger partial charge in [-0.2, -0.15) is 4.31 Å². The summed E-state index contributed by atoms with van der Waals surface area (Å²) in [5.74, 6) is -0.367. The molecule has 2 heterocycles. The summed E-state index contributed by atoms with van der Waals surface area (Å²) in [5.41, 5.74) is 0. The number of rotatable bonds is 7. The smallest absolute Gasteiger partial charge is 0.326 e. The maximum atomic E-state index is 12.5. The van der Waals surface area contributed by atoms with Gasteiger partial charge in [0.05, 0.1) is 0 Å². The number of hydrogen-bond donors (Lipinski definition) is 2. The van der Waals surface area contributed by atoms with E-state index in [0.29, 0.717) is 25.3 Å². The molecular formula is C16H25N3O4S. The Bertz CT molecular complexity index is 652. The van der Waals surface area contributed by atoms with E-state index in [1.165, 1.54) is 22.6 Å². The van der Waals surface area contributed by atoms with Crippen molar-refractivity contribution in [1.82, 2.24) is 9.29 Å². The van der Waals surface area contributed by atoms with E-state index < -0.39 is 22.0 Å². The van der Waals surface area contributed by atoms with Crippen molar-refractivity contribution >= 4 is 21.8 Å². The van der Waals surface area contributed by atoms with Crippen LogP contribution in [-0.2, 0) is 14.8 Å². The first-order valence-corrected chi connectivity index (χ1v) is 9.70. The van der Waals surface area contributed by atoms with Crippen LogP contribution in [-0.4, -0.2) is 47.9 Å². The summed E-state index contributed by atoms with van der Waals surface area (Å²) in [6, 6.07) is 2.25. The zero-order valence-electron chi connectivity index (χ0n) is 14.1. The minimum atomic E-state index is -3.52. The summed E-state index contributed by atoms with van der Waals surface area (Å²) in [6.07, 6.45) is 4.56. The molecule has 8 heteroatoms. The van der Waals surface area contributed by atoms with Crippen LogP contribution in [0, 0.1) is 5.92 Å². The molecule has 1 atom stereocenters. The van der Waals surface area contributed by atoms with Crippen LogP contribution in [0.3, 0.4) is 0 Å². The van der Waals surface area contributed by atoms with Gasteiger partial charge in [0.15, 0.2) is 0 Å². The maximum absolute atomic E-state index is 12.5. The van der Waals surface area contributed by atoms with Crippen molar-refractivity contribution in [2.45, 2.75) is 50.5 Å². The summed E-state index contributed by atoms with van der Waals surface area (Å²) >= 11 is 0. The van der Waals surface area contributed by atoms with E-state index in [-0.39, 0.29) is 10.8 Å². The first-order chi connectivity index (χ1) is 11.3. The molecule has 0 unspecified atom stereocenters. The molecule has 0 amide bonds. The van der Waals surface area contributed by atoms with Crippen LogP contribution in [0.25, 0.3) is 0 Å². The van der Waals surface area contributed by atoms with E-state index in [4.69, 9.17) is 0 Å². The second-order valence-electron chi connectivity index (χ2n) is 6.51. The molecule has 2 rings (SSSR count). The molecule has 0 saturated carbocycles. The summed E-state index contributed by atoms with van der Waals surface area (Å²) in [4.78, 5) is 15.5. The lowest BCUT2D eigenvalue weighted by Crippen LogP contribution is -2.35. The number of piperidine rings is 1. The molecule has 1 aromatic heterocycles. The number of hydrogen-bond acceptors (Lipinski definition) is 5. The topological polar surface area (TPSA) is 99.6 Å². The van der Waals surface area contributed by atoms with Crippen LogP contribution >= 0.6 is 0 Å². The fraction of sp³-hybridized carbons (Fsp3) is 0.625. The first-order valence-electron chi connectivity index (χ1n) is 8.26. The highest BCUT2D eigenvalue weighted by atomic mass is 32.2. The molecule has 1 aliphatic rings. The molecule has 1 fully saturated rings. The molecule has 0 radical (unpaired) electrons. The molecular weight excluding hydrogens is 330 g/mol. The van der Waals surface area contributed by atoms with Crippen molar-refractivity contribution in [3.05, 3.63) is 18.3 Å². The molecule has 0 aliphatic carbocycles. The van der Waals surface area contributed by atoms with Crippen LogP contribution in [0.15, 0.2) is 23.2 Å². The minimum Gasteiger partial charge on any atom is -0.480 e. The van der Waals surface area contributed by atoms with Gasteiger partial charge in [0.25, 0.3) is 0 Å². The van der Waals surface area contributed by atoms with Crippen LogP contribution in [0.1, 0.15) is 39.5 Å². The van der Waals surface area contributed by atoms with E-state index in [1.54, 1.807) is 0 Å². The van der Waals surface area contributed by atoms with Gasteiger partial charge in [0.2, 0.25) is 10.0 Å². The Morgan fingerprint density at radius 1 is 1.29 bits per heavy atom. The Labute approximate surface area is 143 Å². The third kappa shape index (κ3) is 4.67. The SMILES string of the molecule is CC(C)C[C@@H](Nc1ccc(S(=O)(=O)N2CCCCC2)cn1)C(=O)O. The average Bonchev–Trinajstić information content (AvgIpc) is 2.55. The van der Waals surface area contributed by atoms with Gasteiger partial charge >= 0.3 is 5.97 Å². The summed E-state index contributed by atoms with van der Waals surface area (Å²) in [5, 5.41) is 12.1. The van der Waals surface area contributed by atoms with Gasteiger partial charge in [-0.1, -0.05) is 20.3 Å². The fourth-order valence-electron chi connectivity index (χ4n) is 2.74. The summed E-state index contributed by atoms with van der Waals surface area (Å²) in [6.45, 7) is 4.97. The van der Waals surface area contributed by atoms with Crippen molar-refractivity contribution in [2.24, 2.45) is 5.92 Å². The Balaban J connectivity index is 2.10. The second-order valence-corrected chi connectivity index (χ2v) is 8.45. The molecule has 1 aliphatic heterocycles. The van der Waals surface area contributed by atoms with Gasteiger partial charge in [0.1, 0.15) is 16.8 Å². The predicted octanol–water partition coefficient (Wildman–Crippen LogP) is 2.17. The van der Waals surface area contributed by atoms with E-state index in [1.807, 2.05) is 13.8 Å². The lowest BCUT2D eigenvalue weighted by Gasteiger charge is -2.25. The van der Waals surface area contributed by atoms with Gasteiger partial charge in [-0.25, -0.2) is 18.2 Å². The quantitative estimate of drug-likeness (QED) is 0.777. The van der Waals surface area contributed by atoms with Crippen LogP contribution < -0.4 is 5.32 Å². The van der Waals surface area contributed by atoms with E-state index >= 15 is 0 Å². The van der Waals surface area contributed by atoms with E-state index in [9.17, 15) is 18.3 Å². The number of carboxylic acid groups (broad SMARTS) is 1. The Morgan fingerprint density at radius 3 is 2.46 bits per heavy atom. The van der Waals surface area contributed by atoms with Gasteiger partial charge < -0.3 is 10.4 Å². The largest absolute Gasteiger partial charge is 0.480 e. The number of sulfonamides is 1. The third-order valence-corrected chi connectivity index (χ3v) is 5.90. The number of nitrogens with one attached hydrogen (secondary N) is 1. The van der Waals surface area contributed by atoms with Crippen molar-refractivity contribution in [2.75, 3.05) is 18.4 Å². The molecule has 1 saturated heterocycles. The Hall–Kier alpha value is -1.67. The number of anilines is 1. The lowest BCUT2D eigenvalue weighted by atomic mass is 10.0. The van der Waals surface area contributed by atoms with E-state index in [2.05, 4.69) is 10.3 Å². The molecule has 0 aromatic carbocycles. The van der Waals surface area contributed by atoms with Crippen LogP contribution in [0.4, 0.5) is 5.82 Å². The lowest BCUT2D eigenvalue weighted by molar-refractivity contribution is -0.138. The first kappa shape index (κ1) is 18.7. The normalized spacial score (nSPS) is 17.6. The number of pyridine rings is 1. The summed E-state index contributed by atoms with van der Waals surface area (Å²) in [7, 11) is -3.52. The van der Waals surface area contributed by atoms with Crippen molar-refractivity contribution in [1.29, 1.82) is 0 Å². The molecule has 7 nitrogen and oxygen atoms in total. The van der Waals surface area contributed by atoms with Crippen LogP contribution in [0.2, 0.25) is 0 Å². The van der Waals surface area contributed by atoms with Gasteiger partial charge in [-0.15, -0.1) is 0 Å². The fourth-order valence-corrected chi connectivity index (χ4v) is 4.21. The average molecular weight is 355 g/mol. The third-order valence-electron chi connectivity index (χ3n) is 4.02. The van der Waals surface area contributed by atoms with Gasteiger partial charge in [0, 0.05) is 19.3 Å². The van der Waals surface area contributed by atoms with Crippen molar-refractivity contribution < 1.29 is 18.3 Å². The highest BCUT2D eigenvalue weighted by Gasteiger charge is 2.26. The zero-order chi connectivity index (χ0) is 17.7. The monoisotopic (exact) mass is 355 g/mol. The van der Waals surface area contributed by atoms with Gasteiger partial charge in [-0.05, 0) is 37.3 Å². The molecule has 24 heavy (non-hydrogen) atoms. The maximum Gasteiger partial charge on any atom is 0.326 e. The minimum absolute atomic E-state index is 0.144. The molecule has 0 spiro atoms. The van der Waals surface area contributed by atoms with Crippen LogP contribution in [0.5, 0.6) is 0 Å². The standard InChI is InChI=1S/C16H25N3O4S/c1-12(2)10-14(16(20)21)18-15-7-6-13(11-17-15)24(22,23)19-8-4-3-5-9-19/h6-7,11-12,14H,3-5,8-10H2,1-2H3,(H,17,18)(H,20,21)/t14-/m1/s1. The highest BCUT2D eigenvalue weighted by Crippen LogP contribution is 2.21. The molecule has 134 valence electrons. The Kier molecular flexibility index (Phi) is 6.17.